The number of benzene rings is 1. The maximum absolute atomic E-state index is 14.1. The number of rotatable bonds is 4. The first kappa shape index (κ1) is 29.1. The van der Waals surface area contributed by atoms with Crippen LogP contribution in [-0.4, -0.2) is 14.5 Å². The average molecular weight is 632 g/mol. The first-order chi connectivity index (χ1) is 21.7. The van der Waals surface area contributed by atoms with Crippen molar-refractivity contribution in [2.45, 2.75) is 78.6 Å². The van der Waals surface area contributed by atoms with Crippen molar-refractivity contribution in [2.75, 3.05) is 0 Å². The summed E-state index contributed by atoms with van der Waals surface area (Å²) in [5.74, 6) is 2.46. The zero-order valence-corrected chi connectivity index (χ0v) is 28.5. The molecule has 4 aromatic heterocycles. The third-order valence-electron chi connectivity index (χ3n) is 11.6. The first-order valence-corrected chi connectivity index (χ1v) is 18.3. The predicted octanol–water partition coefficient (Wildman–Crippen LogP) is 10.4. The minimum atomic E-state index is -0.0545. The Kier molecular flexibility index (Phi) is 6.85. The van der Waals surface area contributed by atoms with Crippen LogP contribution >= 0.6 is 22.7 Å². The largest absolute Gasteiger partial charge is 0.276 e. The Morgan fingerprint density at radius 1 is 1.04 bits per heavy atom. The highest BCUT2D eigenvalue weighted by molar-refractivity contribution is 7.25. The molecule has 0 aliphatic heterocycles. The van der Waals surface area contributed by atoms with Gasteiger partial charge in [0, 0.05) is 26.9 Å². The Morgan fingerprint density at radius 3 is 2.62 bits per heavy atom. The van der Waals surface area contributed by atoms with E-state index in [4.69, 9.17) is 9.97 Å². The summed E-state index contributed by atoms with van der Waals surface area (Å²) in [5.41, 5.74) is 7.37. The van der Waals surface area contributed by atoms with E-state index >= 15 is 0 Å². The summed E-state index contributed by atoms with van der Waals surface area (Å²) in [5, 5.41) is 3.17. The van der Waals surface area contributed by atoms with Crippen molar-refractivity contribution in [3.05, 3.63) is 99.1 Å². The molecule has 3 aliphatic carbocycles. The second-order valence-corrected chi connectivity index (χ2v) is 16.3. The molecule has 0 saturated heterocycles. The molecule has 0 N–H and O–H groups in total. The van der Waals surface area contributed by atoms with E-state index in [0.29, 0.717) is 28.3 Å². The monoisotopic (exact) mass is 631 g/mol. The van der Waals surface area contributed by atoms with Crippen LogP contribution in [0.15, 0.2) is 82.0 Å². The molecular weight excluding hydrogens is 591 g/mol. The van der Waals surface area contributed by atoms with Gasteiger partial charge >= 0.3 is 0 Å². The number of aromatic nitrogens is 3. The van der Waals surface area contributed by atoms with Crippen molar-refractivity contribution in [3.63, 3.8) is 0 Å². The lowest BCUT2D eigenvalue weighted by atomic mass is 9.46. The van der Waals surface area contributed by atoms with Gasteiger partial charge in [-0.05, 0) is 97.4 Å². The van der Waals surface area contributed by atoms with Gasteiger partial charge < -0.3 is 0 Å². The van der Waals surface area contributed by atoms with Crippen molar-refractivity contribution in [1.29, 1.82) is 0 Å². The lowest BCUT2D eigenvalue weighted by Gasteiger charge is -2.58. The molecule has 3 aliphatic rings. The van der Waals surface area contributed by atoms with Crippen molar-refractivity contribution < 1.29 is 0 Å². The van der Waals surface area contributed by atoms with Crippen molar-refractivity contribution in [2.24, 2.45) is 23.2 Å². The Labute approximate surface area is 273 Å². The summed E-state index contributed by atoms with van der Waals surface area (Å²) < 4.78 is 2.42. The fourth-order valence-electron chi connectivity index (χ4n) is 9.25. The lowest BCUT2D eigenvalue weighted by Crippen LogP contribution is -2.52. The van der Waals surface area contributed by atoms with Gasteiger partial charge in [-0.1, -0.05) is 76.1 Å². The van der Waals surface area contributed by atoms with E-state index in [-0.39, 0.29) is 16.4 Å². The van der Waals surface area contributed by atoms with Gasteiger partial charge in [-0.25, -0.2) is 9.97 Å². The molecule has 8 rings (SSSR count). The predicted molar refractivity (Wildman–Crippen MR) is 190 cm³/mol. The quantitative estimate of drug-likeness (QED) is 0.198. The molecule has 0 radical (unpaired) electrons. The third kappa shape index (κ3) is 4.39. The van der Waals surface area contributed by atoms with E-state index in [1.165, 1.54) is 53.2 Å². The second kappa shape index (κ2) is 10.6. The molecule has 5 aromatic rings. The molecule has 230 valence electrons. The molecule has 4 nitrogen and oxygen atoms in total. The van der Waals surface area contributed by atoms with E-state index in [1.807, 2.05) is 37.3 Å². The van der Waals surface area contributed by atoms with E-state index in [9.17, 15) is 4.79 Å². The average Bonchev–Trinajstić information content (AvgIpc) is 3.70. The summed E-state index contributed by atoms with van der Waals surface area (Å²) in [6, 6.07) is 16.6. The van der Waals surface area contributed by atoms with Crippen molar-refractivity contribution >= 4 is 43.1 Å². The number of hydrogen-bond acceptors (Lipinski definition) is 5. The maximum atomic E-state index is 14.1. The highest BCUT2D eigenvalue weighted by atomic mass is 32.1. The molecule has 4 unspecified atom stereocenters. The number of nitrogens with zero attached hydrogens (tertiary/aromatic N) is 3. The summed E-state index contributed by atoms with van der Waals surface area (Å²) in [6.45, 7) is 11.7. The highest BCUT2D eigenvalue weighted by Crippen LogP contribution is 2.62. The number of hydrogen-bond donors (Lipinski definition) is 0. The Bertz CT molecular complexity index is 2070. The molecule has 0 bridgehead atoms. The molecule has 45 heavy (non-hydrogen) atoms. The van der Waals surface area contributed by atoms with Gasteiger partial charge in [-0.3, -0.25) is 9.36 Å². The van der Waals surface area contributed by atoms with E-state index < -0.39 is 0 Å². The molecule has 1 fully saturated rings. The smallest absolute Gasteiger partial charge is 0.267 e. The van der Waals surface area contributed by atoms with Gasteiger partial charge in [0.25, 0.3) is 5.56 Å². The van der Waals surface area contributed by atoms with Gasteiger partial charge in [0.15, 0.2) is 0 Å². The topological polar surface area (TPSA) is 47.8 Å². The van der Waals surface area contributed by atoms with Crippen molar-refractivity contribution in [3.8, 4) is 16.1 Å². The molecule has 1 aromatic carbocycles. The van der Waals surface area contributed by atoms with Crippen LogP contribution in [0.3, 0.4) is 0 Å². The number of thiophene rings is 2. The number of fused-ring (bicyclic) bond motifs is 6. The van der Waals surface area contributed by atoms with Crippen LogP contribution in [0, 0.1) is 30.1 Å². The zero-order chi connectivity index (χ0) is 31.1. The summed E-state index contributed by atoms with van der Waals surface area (Å²) >= 11 is 3.28. The van der Waals surface area contributed by atoms with Gasteiger partial charge in [0.1, 0.15) is 15.4 Å². The maximum Gasteiger partial charge on any atom is 0.276 e. The molecule has 4 atom stereocenters. The summed E-state index contributed by atoms with van der Waals surface area (Å²) in [4.78, 5) is 26.8. The van der Waals surface area contributed by atoms with Crippen LogP contribution in [-0.2, 0) is 5.41 Å². The standard InChI is InChI=1S/C39H41N3OS2/c1-23(2)25-14-16-29-26(21-25)15-17-31-38(29,4)18-10-19-39(31,5)32-22-28(30-13-9-20-44-30)33-34-35(45-36(33)41-32)37(43)42(24(3)40-34)27-11-7-6-8-12-27/h6-9,11-13,15,20-23,29,31H,10,14,16-19H2,1-5H3. The molecule has 1 saturated carbocycles. The number of aryl methyl sites for hydroxylation is 1. The molecular formula is C39H41N3OS2. The first-order valence-electron chi connectivity index (χ1n) is 16.6. The molecule has 6 heteroatoms. The highest BCUT2D eigenvalue weighted by Gasteiger charge is 2.55. The SMILES string of the molecule is Cc1nc2c(sc3nc(C4(C)CCCC5(C)C6CCC(C(C)C)=CC6=CCC45)cc(-c4cccs4)c32)c(=O)n1-c1ccccc1. The molecule has 0 spiro atoms. The van der Waals surface area contributed by atoms with Crippen LogP contribution in [0.2, 0.25) is 0 Å². The second-order valence-electron chi connectivity index (χ2n) is 14.4. The fraction of sp³-hybridized carbons (Fsp3) is 0.410. The Balaban J connectivity index is 1.32. The number of allylic oxidation sites excluding steroid dienone is 4. The summed E-state index contributed by atoms with van der Waals surface area (Å²) in [6.07, 6.45) is 12.4. The van der Waals surface area contributed by atoms with Gasteiger partial charge in [-0.2, -0.15) is 0 Å². The fourth-order valence-corrected chi connectivity index (χ4v) is 11.1. The van der Waals surface area contributed by atoms with E-state index in [0.717, 1.165) is 34.3 Å². The van der Waals surface area contributed by atoms with Crippen LogP contribution < -0.4 is 5.56 Å². The van der Waals surface area contributed by atoms with Crippen molar-refractivity contribution in [1.82, 2.24) is 14.5 Å². The van der Waals surface area contributed by atoms with Crippen LogP contribution in [0.4, 0.5) is 0 Å². The van der Waals surface area contributed by atoms with Gasteiger partial charge in [0.2, 0.25) is 0 Å². The van der Waals surface area contributed by atoms with E-state index in [1.54, 1.807) is 27.1 Å². The third-order valence-corrected chi connectivity index (χ3v) is 13.6. The normalized spacial score (nSPS) is 26.5. The lowest BCUT2D eigenvalue weighted by molar-refractivity contribution is -0.0104. The Morgan fingerprint density at radius 2 is 1.87 bits per heavy atom. The van der Waals surface area contributed by atoms with Crippen LogP contribution in [0.5, 0.6) is 0 Å². The summed E-state index contributed by atoms with van der Waals surface area (Å²) in [7, 11) is 0. The Hall–Kier alpha value is -3.35. The minimum Gasteiger partial charge on any atom is -0.267 e. The minimum absolute atomic E-state index is 0.0158. The van der Waals surface area contributed by atoms with Crippen LogP contribution in [0.25, 0.3) is 36.6 Å². The number of pyridine rings is 1. The van der Waals surface area contributed by atoms with E-state index in [2.05, 4.69) is 63.4 Å². The molecule has 0 amide bonds. The number of para-hydroxylation sites is 1. The van der Waals surface area contributed by atoms with Crippen LogP contribution in [0.1, 0.15) is 77.7 Å². The van der Waals surface area contributed by atoms with Gasteiger partial charge in [-0.15, -0.1) is 22.7 Å². The van der Waals surface area contributed by atoms with Gasteiger partial charge in [0.05, 0.1) is 11.2 Å². The zero-order valence-electron chi connectivity index (χ0n) is 26.9. The molecule has 4 heterocycles.